The average molecular weight is 439 g/mol. The zero-order valence-electron chi connectivity index (χ0n) is 18.5. The number of rotatable bonds is 6. The number of aryl methyl sites for hydroxylation is 1. The number of benzene rings is 2. The zero-order valence-corrected chi connectivity index (χ0v) is 18.5. The van der Waals surface area contributed by atoms with Crippen molar-refractivity contribution >= 4 is 18.5 Å². The molecule has 0 radical (unpaired) electrons. The van der Waals surface area contributed by atoms with Crippen molar-refractivity contribution in [1.82, 2.24) is 9.80 Å². The molecule has 1 N–H and O–H groups in total. The van der Waals surface area contributed by atoms with E-state index in [2.05, 4.69) is 47.4 Å². The summed E-state index contributed by atoms with van der Waals surface area (Å²) in [5.74, 6) is 0.528. The maximum Gasteiger partial charge on any atom is 0.290 e. The summed E-state index contributed by atoms with van der Waals surface area (Å²) in [4.78, 5) is 24.9. The summed E-state index contributed by atoms with van der Waals surface area (Å²) in [6.45, 7) is 6.14. The van der Waals surface area contributed by atoms with Gasteiger partial charge in [0.05, 0.1) is 0 Å². The summed E-state index contributed by atoms with van der Waals surface area (Å²) < 4.78 is 13.1. The smallest absolute Gasteiger partial charge is 0.290 e. The summed E-state index contributed by atoms with van der Waals surface area (Å²) in [5.41, 5.74) is 2.58. The van der Waals surface area contributed by atoms with E-state index < -0.39 is 0 Å². The molecule has 0 bridgehead atoms. The molecule has 2 aromatic rings. The molecule has 0 saturated carbocycles. The molecule has 0 aromatic heterocycles. The minimum atomic E-state index is -0.250. The lowest BCUT2D eigenvalue weighted by Gasteiger charge is -2.29. The van der Waals surface area contributed by atoms with E-state index in [1.165, 1.54) is 17.7 Å². The number of hydrogen-bond acceptors (Lipinski definition) is 3. The van der Waals surface area contributed by atoms with E-state index in [4.69, 9.17) is 9.90 Å². The predicted octanol–water partition coefficient (Wildman–Crippen LogP) is 3.95. The van der Waals surface area contributed by atoms with Crippen LogP contribution in [0.1, 0.15) is 24.5 Å². The van der Waals surface area contributed by atoms with Gasteiger partial charge < -0.3 is 10.0 Å². The van der Waals surface area contributed by atoms with Gasteiger partial charge in [0, 0.05) is 45.1 Å². The first kappa shape index (κ1) is 23.7. The SMILES string of the molecule is CC(=O)N1CC2CN(C/C=C/c3ccc(F)cc3)CC2(CCc2ccccc2)C1.O=CO. The van der Waals surface area contributed by atoms with E-state index in [-0.39, 0.29) is 23.6 Å². The number of halogens is 1. The van der Waals surface area contributed by atoms with Crippen LogP contribution in [0.4, 0.5) is 4.39 Å². The molecule has 2 aliphatic rings. The molecule has 2 heterocycles. The lowest BCUT2D eigenvalue weighted by atomic mass is 9.76. The highest BCUT2D eigenvalue weighted by Crippen LogP contribution is 2.45. The second-order valence-electron chi connectivity index (χ2n) is 8.70. The van der Waals surface area contributed by atoms with Crippen LogP contribution in [0.2, 0.25) is 0 Å². The van der Waals surface area contributed by atoms with E-state index in [9.17, 15) is 9.18 Å². The molecule has 2 saturated heterocycles. The van der Waals surface area contributed by atoms with E-state index in [1.54, 1.807) is 19.1 Å². The summed E-state index contributed by atoms with van der Waals surface area (Å²) in [7, 11) is 0. The van der Waals surface area contributed by atoms with Crippen LogP contribution in [0.3, 0.4) is 0 Å². The van der Waals surface area contributed by atoms with Crippen molar-refractivity contribution in [3.05, 3.63) is 77.6 Å². The number of carbonyl (C=O) groups is 2. The van der Waals surface area contributed by atoms with Crippen molar-refractivity contribution in [2.24, 2.45) is 11.3 Å². The van der Waals surface area contributed by atoms with Gasteiger partial charge >= 0.3 is 0 Å². The average Bonchev–Trinajstić information content (AvgIpc) is 3.29. The molecule has 170 valence electrons. The molecule has 2 aromatic carbocycles. The van der Waals surface area contributed by atoms with E-state index in [0.29, 0.717) is 5.92 Å². The summed E-state index contributed by atoms with van der Waals surface area (Å²) in [6, 6.07) is 17.2. The monoisotopic (exact) mass is 438 g/mol. The third-order valence-electron chi connectivity index (χ3n) is 6.57. The second-order valence-corrected chi connectivity index (χ2v) is 8.70. The Morgan fingerprint density at radius 1 is 1.12 bits per heavy atom. The van der Waals surface area contributed by atoms with Crippen molar-refractivity contribution in [3.8, 4) is 0 Å². The van der Waals surface area contributed by atoms with Crippen LogP contribution in [-0.4, -0.2) is 60.0 Å². The second kappa shape index (κ2) is 11.0. The first-order valence-corrected chi connectivity index (χ1v) is 11.0. The number of amides is 1. The van der Waals surface area contributed by atoms with Gasteiger partial charge in [-0.3, -0.25) is 14.5 Å². The summed E-state index contributed by atoms with van der Waals surface area (Å²) >= 11 is 0. The molecule has 32 heavy (non-hydrogen) atoms. The molecule has 1 amide bonds. The van der Waals surface area contributed by atoms with E-state index >= 15 is 0 Å². The Bertz CT molecular complexity index is 916. The Hall–Kier alpha value is -2.99. The normalized spacial score (nSPS) is 22.4. The fourth-order valence-electron chi connectivity index (χ4n) is 4.98. The predicted molar refractivity (Wildman–Crippen MR) is 124 cm³/mol. The maximum absolute atomic E-state index is 13.1. The van der Waals surface area contributed by atoms with Crippen LogP contribution >= 0.6 is 0 Å². The van der Waals surface area contributed by atoms with Crippen LogP contribution in [0.15, 0.2) is 60.7 Å². The van der Waals surface area contributed by atoms with Crippen LogP contribution in [-0.2, 0) is 16.0 Å². The van der Waals surface area contributed by atoms with Gasteiger partial charge in [0.1, 0.15) is 5.82 Å². The molecule has 5 nitrogen and oxygen atoms in total. The molecular weight excluding hydrogens is 407 g/mol. The maximum atomic E-state index is 13.1. The molecule has 2 aliphatic heterocycles. The Morgan fingerprint density at radius 2 is 1.81 bits per heavy atom. The van der Waals surface area contributed by atoms with Gasteiger partial charge in [0.2, 0.25) is 5.91 Å². The lowest BCUT2D eigenvalue weighted by molar-refractivity contribution is -0.128. The van der Waals surface area contributed by atoms with Gasteiger partial charge in [-0.1, -0.05) is 54.6 Å². The first-order valence-electron chi connectivity index (χ1n) is 11.0. The molecular formula is C26H31FN2O3. The van der Waals surface area contributed by atoms with Crippen molar-refractivity contribution in [1.29, 1.82) is 0 Å². The molecule has 2 fully saturated rings. The van der Waals surface area contributed by atoms with E-state index in [1.807, 2.05) is 4.90 Å². The Kier molecular flexibility index (Phi) is 8.17. The number of carboxylic acid groups (broad SMARTS) is 1. The molecule has 0 spiro atoms. The topological polar surface area (TPSA) is 60.9 Å². The van der Waals surface area contributed by atoms with Gasteiger partial charge in [0.15, 0.2) is 0 Å². The number of carbonyl (C=O) groups excluding carboxylic acids is 1. The van der Waals surface area contributed by atoms with Gasteiger partial charge in [-0.05, 0) is 42.0 Å². The van der Waals surface area contributed by atoms with Crippen LogP contribution in [0.25, 0.3) is 6.08 Å². The van der Waals surface area contributed by atoms with Gasteiger partial charge in [0.25, 0.3) is 6.47 Å². The highest BCUT2D eigenvalue weighted by Gasteiger charge is 2.52. The standard InChI is InChI=1S/C25H29FN2O.CH2O2/c1-20(29)28-17-23-16-27(15-5-8-22-9-11-24(26)12-10-22)18-25(23,19-28)14-13-21-6-3-2-4-7-21;2-1-3/h2-12,23H,13-19H2,1H3;1H,(H,2,3)/b8-5+;. The number of hydrogen-bond donors (Lipinski definition) is 1. The third-order valence-corrected chi connectivity index (χ3v) is 6.57. The van der Waals surface area contributed by atoms with Gasteiger partial charge in [-0.2, -0.15) is 0 Å². The van der Waals surface area contributed by atoms with Gasteiger partial charge in [-0.25, -0.2) is 4.39 Å². The Morgan fingerprint density at radius 3 is 2.47 bits per heavy atom. The van der Waals surface area contributed by atoms with Crippen molar-refractivity contribution < 1.29 is 19.1 Å². The first-order chi connectivity index (χ1) is 15.5. The minimum absolute atomic E-state index is 0.186. The Labute approximate surface area is 189 Å². The summed E-state index contributed by atoms with van der Waals surface area (Å²) in [5, 5.41) is 6.89. The molecule has 6 heteroatoms. The van der Waals surface area contributed by atoms with Crippen LogP contribution < -0.4 is 0 Å². The van der Waals surface area contributed by atoms with Crippen LogP contribution in [0.5, 0.6) is 0 Å². The highest BCUT2D eigenvalue weighted by molar-refractivity contribution is 5.73. The van der Waals surface area contributed by atoms with Crippen molar-refractivity contribution in [3.63, 3.8) is 0 Å². The quantitative estimate of drug-likeness (QED) is 0.694. The fraction of sp³-hybridized carbons (Fsp3) is 0.385. The number of likely N-dealkylation sites (tertiary alicyclic amines) is 2. The molecule has 2 unspecified atom stereocenters. The molecule has 0 aliphatic carbocycles. The highest BCUT2D eigenvalue weighted by atomic mass is 19.1. The Balaban J connectivity index is 0.000000913. The molecule has 4 rings (SSSR count). The number of nitrogens with zero attached hydrogens (tertiary/aromatic N) is 2. The summed E-state index contributed by atoms with van der Waals surface area (Å²) in [6.07, 6.45) is 6.40. The zero-order chi connectivity index (χ0) is 23.0. The largest absolute Gasteiger partial charge is 0.483 e. The fourth-order valence-corrected chi connectivity index (χ4v) is 4.98. The third kappa shape index (κ3) is 6.04. The lowest BCUT2D eigenvalue weighted by Crippen LogP contribution is -2.36. The van der Waals surface area contributed by atoms with E-state index in [0.717, 1.165) is 51.1 Å². The number of fused-ring (bicyclic) bond motifs is 1. The van der Waals surface area contributed by atoms with Gasteiger partial charge in [-0.15, -0.1) is 0 Å². The van der Waals surface area contributed by atoms with Crippen LogP contribution in [0, 0.1) is 17.2 Å². The molecule has 2 atom stereocenters. The minimum Gasteiger partial charge on any atom is -0.483 e. The van der Waals surface area contributed by atoms with Crippen molar-refractivity contribution in [2.45, 2.75) is 19.8 Å². The van der Waals surface area contributed by atoms with Crippen molar-refractivity contribution in [2.75, 3.05) is 32.7 Å².